The molecule has 0 spiro atoms. The van der Waals surface area contributed by atoms with E-state index in [1.807, 2.05) is 19.9 Å². The Hall–Kier alpha value is -3.65. The Morgan fingerprint density at radius 2 is 1.28 bits per heavy atom. The second kappa shape index (κ2) is 9.23. The third-order valence-electron chi connectivity index (χ3n) is 4.68. The molecule has 3 N–H and O–H groups in total. The van der Waals surface area contributed by atoms with Crippen LogP contribution >= 0.6 is 0 Å². The predicted octanol–water partition coefficient (Wildman–Crippen LogP) is 4.62. The Kier molecular flexibility index (Phi) is 6.64. The van der Waals surface area contributed by atoms with Crippen LogP contribution in [0.4, 0.5) is 17.1 Å². The minimum Gasteiger partial charge on any atom is -0.326 e. The number of rotatable bonds is 6. The normalized spacial score (nSPS) is 11.0. The summed E-state index contributed by atoms with van der Waals surface area (Å²) in [4.78, 5) is 23.9. The lowest BCUT2D eigenvalue weighted by atomic mass is 10.1. The largest absolute Gasteiger partial charge is 0.326 e. The molecule has 0 atom stereocenters. The first kappa shape index (κ1) is 23.0. The molecule has 0 radical (unpaired) electrons. The molecule has 0 aliphatic carbocycles. The van der Waals surface area contributed by atoms with Gasteiger partial charge in [0.15, 0.2) is 0 Å². The minimum absolute atomic E-state index is 0.0327. The molecule has 32 heavy (non-hydrogen) atoms. The summed E-state index contributed by atoms with van der Waals surface area (Å²) in [7, 11) is -3.89. The van der Waals surface area contributed by atoms with Crippen LogP contribution < -0.4 is 15.4 Å². The van der Waals surface area contributed by atoms with Gasteiger partial charge in [-0.05, 0) is 86.0 Å². The smallest absolute Gasteiger partial charge is 0.262 e. The van der Waals surface area contributed by atoms with E-state index in [2.05, 4.69) is 15.4 Å². The average molecular weight is 452 g/mol. The van der Waals surface area contributed by atoms with E-state index in [9.17, 15) is 18.0 Å². The van der Waals surface area contributed by atoms with Crippen molar-refractivity contribution in [1.29, 1.82) is 0 Å². The molecule has 3 aromatic carbocycles. The van der Waals surface area contributed by atoms with E-state index >= 15 is 0 Å². The number of hydrogen-bond donors (Lipinski definition) is 3. The van der Waals surface area contributed by atoms with Crippen LogP contribution in [0.3, 0.4) is 0 Å². The summed E-state index contributed by atoms with van der Waals surface area (Å²) in [6.07, 6.45) is 0. The fourth-order valence-electron chi connectivity index (χ4n) is 3.32. The highest BCUT2D eigenvalue weighted by molar-refractivity contribution is 7.92. The van der Waals surface area contributed by atoms with Crippen molar-refractivity contribution >= 4 is 38.9 Å². The molecule has 0 aliphatic heterocycles. The van der Waals surface area contributed by atoms with Gasteiger partial charge in [0, 0.05) is 29.5 Å². The molecule has 0 fully saturated rings. The zero-order chi connectivity index (χ0) is 23.5. The van der Waals surface area contributed by atoms with Gasteiger partial charge in [-0.15, -0.1) is 0 Å². The third kappa shape index (κ3) is 5.73. The van der Waals surface area contributed by atoms with Gasteiger partial charge in [-0.2, -0.15) is 0 Å². The number of benzene rings is 3. The highest BCUT2D eigenvalue weighted by Crippen LogP contribution is 2.23. The van der Waals surface area contributed by atoms with Gasteiger partial charge < -0.3 is 10.6 Å². The zero-order valence-corrected chi connectivity index (χ0v) is 19.1. The third-order valence-corrected chi connectivity index (χ3v) is 6.20. The van der Waals surface area contributed by atoms with Gasteiger partial charge in [-0.3, -0.25) is 14.3 Å². The second-order valence-corrected chi connectivity index (χ2v) is 9.33. The van der Waals surface area contributed by atoms with Crippen LogP contribution in [0.1, 0.15) is 34.0 Å². The van der Waals surface area contributed by atoms with E-state index in [4.69, 9.17) is 0 Å². The van der Waals surface area contributed by atoms with E-state index in [-0.39, 0.29) is 16.4 Å². The van der Waals surface area contributed by atoms with Gasteiger partial charge in [-0.25, -0.2) is 8.42 Å². The molecule has 2 amide bonds. The van der Waals surface area contributed by atoms with Gasteiger partial charge in [0.1, 0.15) is 0 Å². The van der Waals surface area contributed by atoms with Crippen molar-refractivity contribution in [3.05, 3.63) is 82.9 Å². The van der Waals surface area contributed by atoms with Crippen molar-refractivity contribution in [2.45, 2.75) is 32.6 Å². The summed E-state index contributed by atoms with van der Waals surface area (Å²) in [5.74, 6) is -0.634. The first-order valence-corrected chi connectivity index (χ1v) is 11.4. The standard InChI is InChI=1S/C24H25N3O4S/c1-15-11-16(2)13-22(12-15)27-32(30,31)23-14-19(6-5-17(23)3)24(29)26-21-9-7-20(8-10-21)25-18(4)28/h5-14,27H,1-4H3,(H,25,28)(H,26,29). The first-order valence-electron chi connectivity index (χ1n) is 9.94. The Balaban J connectivity index is 1.82. The van der Waals surface area contributed by atoms with Crippen molar-refractivity contribution in [1.82, 2.24) is 0 Å². The summed E-state index contributed by atoms with van der Waals surface area (Å²) in [5, 5.41) is 5.38. The number of sulfonamides is 1. The number of aryl methyl sites for hydroxylation is 3. The Labute approximate surface area is 187 Å². The van der Waals surface area contributed by atoms with Gasteiger partial charge in [-0.1, -0.05) is 12.1 Å². The monoisotopic (exact) mass is 451 g/mol. The highest BCUT2D eigenvalue weighted by atomic mass is 32.2. The maximum absolute atomic E-state index is 13.0. The quantitative estimate of drug-likeness (QED) is 0.508. The number of nitrogens with one attached hydrogen (secondary N) is 3. The van der Waals surface area contributed by atoms with Crippen LogP contribution in [0.5, 0.6) is 0 Å². The molecule has 0 unspecified atom stereocenters. The van der Waals surface area contributed by atoms with Gasteiger partial charge >= 0.3 is 0 Å². The number of carbonyl (C=O) groups is 2. The fourth-order valence-corrected chi connectivity index (χ4v) is 4.63. The molecule has 0 aliphatic rings. The van der Waals surface area contributed by atoms with E-state index in [0.29, 0.717) is 22.6 Å². The van der Waals surface area contributed by atoms with Crippen molar-refractivity contribution in [3.63, 3.8) is 0 Å². The van der Waals surface area contributed by atoms with Gasteiger partial charge in [0.05, 0.1) is 4.90 Å². The summed E-state index contributed by atoms with van der Waals surface area (Å²) < 4.78 is 28.7. The molecule has 166 valence electrons. The lowest BCUT2D eigenvalue weighted by Gasteiger charge is -2.13. The Bertz CT molecular complexity index is 1260. The van der Waals surface area contributed by atoms with Crippen LogP contribution in [0.2, 0.25) is 0 Å². The fraction of sp³-hybridized carbons (Fsp3) is 0.167. The maximum Gasteiger partial charge on any atom is 0.262 e. The first-order chi connectivity index (χ1) is 15.0. The molecular weight excluding hydrogens is 426 g/mol. The molecule has 0 heterocycles. The maximum atomic E-state index is 13.0. The molecule has 8 heteroatoms. The lowest BCUT2D eigenvalue weighted by Crippen LogP contribution is -2.17. The molecule has 7 nitrogen and oxygen atoms in total. The SMILES string of the molecule is CC(=O)Nc1ccc(NC(=O)c2ccc(C)c(S(=O)(=O)Nc3cc(C)cc(C)c3)c2)cc1. The van der Waals surface area contributed by atoms with Crippen LogP contribution in [-0.2, 0) is 14.8 Å². The van der Waals surface area contributed by atoms with Crippen LogP contribution in [-0.4, -0.2) is 20.2 Å². The van der Waals surface area contributed by atoms with E-state index in [1.165, 1.54) is 13.0 Å². The van der Waals surface area contributed by atoms with E-state index < -0.39 is 15.9 Å². The number of hydrogen-bond acceptors (Lipinski definition) is 4. The Morgan fingerprint density at radius 1 is 0.719 bits per heavy atom. The minimum atomic E-state index is -3.89. The van der Waals surface area contributed by atoms with Crippen molar-refractivity contribution in [3.8, 4) is 0 Å². The van der Waals surface area contributed by atoms with Gasteiger partial charge in [0.2, 0.25) is 5.91 Å². The number of anilines is 3. The average Bonchev–Trinajstić information content (AvgIpc) is 2.68. The van der Waals surface area contributed by atoms with Crippen molar-refractivity contribution in [2.24, 2.45) is 0 Å². The van der Waals surface area contributed by atoms with E-state index in [0.717, 1.165) is 11.1 Å². The highest BCUT2D eigenvalue weighted by Gasteiger charge is 2.20. The molecule has 0 bridgehead atoms. The number of amides is 2. The van der Waals surface area contributed by atoms with Crippen molar-refractivity contribution < 1.29 is 18.0 Å². The molecule has 0 aromatic heterocycles. The molecule has 3 aromatic rings. The molecule has 0 saturated carbocycles. The molecular formula is C24H25N3O4S. The van der Waals surface area contributed by atoms with Crippen LogP contribution in [0, 0.1) is 20.8 Å². The molecule has 0 saturated heterocycles. The molecule has 3 rings (SSSR count). The van der Waals surface area contributed by atoms with E-state index in [1.54, 1.807) is 55.5 Å². The van der Waals surface area contributed by atoms with Gasteiger partial charge in [0.25, 0.3) is 15.9 Å². The van der Waals surface area contributed by atoms with Crippen LogP contribution in [0.25, 0.3) is 0 Å². The number of carbonyl (C=O) groups excluding carboxylic acids is 2. The predicted molar refractivity (Wildman–Crippen MR) is 127 cm³/mol. The zero-order valence-electron chi connectivity index (χ0n) is 18.3. The summed E-state index contributed by atoms with van der Waals surface area (Å²) >= 11 is 0. The summed E-state index contributed by atoms with van der Waals surface area (Å²) in [6, 6.07) is 16.6. The Morgan fingerprint density at radius 3 is 1.84 bits per heavy atom. The lowest BCUT2D eigenvalue weighted by molar-refractivity contribution is -0.114. The topological polar surface area (TPSA) is 104 Å². The van der Waals surface area contributed by atoms with Crippen molar-refractivity contribution in [2.75, 3.05) is 15.4 Å². The summed E-state index contributed by atoms with van der Waals surface area (Å²) in [6.45, 7) is 6.87. The van der Waals surface area contributed by atoms with Crippen LogP contribution in [0.15, 0.2) is 65.6 Å². The summed E-state index contributed by atoms with van der Waals surface area (Å²) in [5.41, 5.74) is 4.21. The second-order valence-electron chi connectivity index (χ2n) is 7.67.